The van der Waals surface area contributed by atoms with Gasteiger partial charge in [-0.3, -0.25) is 29.8 Å². The number of non-ortho nitro benzene ring substituents is 1. The number of nitro benzene ring substituents is 1. The van der Waals surface area contributed by atoms with Crippen molar-refractivity contribution in [3.8, 4) is 0 Å². The molecule has 3 aliphatic rings. The van der Waals surface area contributed by atoms with Gasteiger partial charge in [0.2, 0.25) is 11.8 Å². The molecule has 2 aromatic carbocycles. The Kier molecular flexibility index (Phi) is 5.24. The number of barbiturate groups is 1. The molecule has 1 spiro atoms. The van der Waals surface area contributed by atoms with Crippen molar-refractivity contribution in [2.24, 2.45) is 17.1 Å². The molecular formula is C23H20ClN5O6. The molecule has 3 aliphatic heterocycles. The summed E-state index contributed by atoms with van der Waals surface area (Å²) in [4.78, 5) is 66.1. The first-order valence-electron chi connectivity index (χ1n) is 10.9. The molecule has 2 fully saturated rings. The number of hydrogen-bond donors (Lipinski definition) is 2. The lowest BCUT2D eigenvalue weighted by Gasteiger charge is -2.54. The van der Waals surface area contributed by atoms with E-state index in [4.69, 9.17) is 17.3 Å². The highest BCUT2D eigenvalue weighted by molar-refractivity contribution is 6.32. The number of nitrogens with one attached hydrogen (secondary N) is 1. The molecule has 5 rings (SSSR count). The van der Waals surface area contributed by atoms with E-state index in [-0.39, 0.29) is 24.2 Å². The van der Waals surface area contributed by atoms with Gasteiger partial charge in [-0.1, -0.05) is 11.6 Å². The zero-order valence-corrected chi connectivity index (χ0v) is 19.0. The number of urea groups is 1. The minimum Gasteiger partial charge on any atom is -0.369 e. The van der Waals surface area contributed by atoms with Gasteiger partial charge < -0.3 is 10.6 Å². The van der Waals surface area contributed by atoms with Gasteiger partial charge in [-0.15, -0.1) is 0 Å². The fraction of sp³-hybridized carbons (Fsp3) is 0.304. The summed E-state index contributed by atoms with van der Waals surface area (Å²) in [7, 11) is 0. The number of hydrogen-bond acceptors (Lipinski definition) is 7. The summed E-state index contributed by atoms with van der Waals surface area (Å²) in [5.41, 5.74) is 4.87. The number of halogens is 1. The van der Waals surface area contributed by atoms with Gasteiger partial charge in [-0.2, -0.15) is 0 Å². The highest BCUT2D eigenvalue weighted by Crippen LogP contribution is 2.49. The number of carbonyl (C=O) groups excluding carboxylic acids is 4. The lowest BCUT2D eigenvalue weighted by atomic mass is 9.64. The number of amides is 5. The van der Waals surface area contributed by atoms with Crippen LogP contribution in [-0.4, -0.2) is 41.3 Å². The lowest BCUT2D eigenvalue weighted by molar-refractivity contribution is -0.384. The van der Waals surface area contributed by atoms with Gasteiger partial charge in [-0.25, -0.2) is 9.69 Å². The van der Waals surface area contributed by atoms with Crippen molar-refractivity contribution in [3.63, 3.8) is 0 Å². The number of primary amides is 1. The molecule has 3 heterocycles. The molecule has 2 aromatic rings. The van der Waals surface area contributed by atoms with Crippen molar-refractivity contribution in [1.82, 2.24) is 5.32 Å². The van der Waals surface area contributed by atoms with E-state index in [9.17, 15) is 29.3 Å². The number of piperidine rings is 1. The van der Waals surface area contributed by atoms with Crippen molar-refractivity contribution >= 4 is 52.4 Å². The van der Waals surface area contributed by atoms with Crippen LogP contribution in [0.2, 0.25) is 5.02 Å². The summed E-state index contributed by atoms with van der Waals surface area (Å²) in [6, 6.07) is 8.57. The van der Waals surface area contributed by atoms with Crippen molar-refractivity contribution in [2.45, 2.75) is 25.3 Å². The number of fused-ring (bicyclic) bond motifs is 4. The zero-order chi connectivity index (χ0) is 25.1. The number of carbonyl (C=O) groups is 4. The normalized spacial score (nSPS) is 25.7. The average molecular weight is 498 g/mol. The number of rotatable bonds is 3. The van der Waals surface area contributed by atoms with Crippen molar-refractivity contribution in [1.29, 1.82) is 0 Å². The van der Waals surface area contributed by atoms with Crippen molar-refractivity contribution in [2.75, 3.05) is 16.3 Å². The molecule has 0 aromatic heterocycles. The van der Waals surface area contributed by atoms with E-state index < -0.39 is 46.1 Å². The molecule has 0 radical (unpaired) electrons. The fourth-order valence-corrected chi connectivity index (χ4v) is 5.56. The van der Waals surface area contributed by atoms with Crippen molar-refractivity contribution < 1.29 is 24.1 Å². The largest absolute Gasteiger partial charge is 0.369 e. The van der Waals surface area contributed by atoms with Crippen LogP contribution in [0.25, 0.3) is 0 Å². The summed E-state index contributed by atoms with van der Waals surface area (Å²) >= 11 is 5.96. The van der Waals surface area contributed by atoms with E-state index in [1.54, 1.807) is 6.07 Å². The SMILES string of the molecule is NC(=O)[C@@H]1CCN2c3ccc([N+](=O)[O-])cc3C[C@]3(C(=O)NC(=O)N(c4ccc(Cl)cc4)C3=O)[C@@H]2C1. The Hall–Kier alpha value is -3.99. The maximum Gasteiger partial charge on any atom is 0.335 e. The summed E-state index contributed by atoms with van der Waals surface area (Å²) < 4.78 is 0. The molecule has 3 N–H and O–H groups in total. The third kappa shape index (κ3) is 3.42. The predicted octanol–water partition coefficient (Wildman–Crippen LogP) is 2.14. The van der Waals surface area contributed by atoms with Crippen LogP contribution in [0.15, 0.2) is 42.5 Å². The van der Waals surface area contributed by atoms with Crippen LogP contribution < -0.4 is 20.9 Å². The zero-order valence-electron chi connectivity index (χ0n) is 18.3. The van der Waals surface area contributed by atoms with E-state index >= 15 is 0 Å². The molecule has 3 atom stereocenters. The molecule has 180 valence electrons. The van der Waals surface area contributed by atoms with Crippen LogP contribution in [0, 0.1) is 21.4 Å². The van der Waals surface area contributed by atoms with Gasteiger partial charge in [-0.05, 0) is 48.7 Å². The molecule has 0 saturated carbocycles. The van der Waals surface area contributed by atoms with E-state index in [1.165, 1.54) is 36.4 Å². The van der Waals surface area contributed by atoms with E-state index in [0.29, 0.717) is 29.2 Å². The Morgan fingerprint density at radius 3 is 2.54 bits per heavy atom. The number of imide groups is 2. The van der Waals surface area contributed by atoms with Gasteiger partial charge in [0.1, 0.15) is 0 Å². The molecule has 2 saturated heterocycles. The third-order valence-electron chi connectivity index (χ3n) is 7.12. The quantitative estimate of drug-likeness (QED) is 0.373. The number of nitro groups is 1. The minimum atomic E-state index is -1.82. The standard InChI is InChI=1S/C23H20ClN5O6/c24-14-1-3-15(4-2-14)28-21(32)23(20(31)26-22(28)33)11-13-9-16(29(34)35)5-6-17(13)27-8-7-12(19(25)30)10-18(23)27/h1-6,9,12,18H,7-8,10-11H2,(H2,25,30)(H,26,31,33)/t12-,18+,23-/m1/s1. The van der Waals surface area contributed by atoms with Gasteiger partial charge in [0.15, 0.2) is 5.41 Å². The first-order chi connectivity index (χ1) is 16.6. The van der Waals surface area contributed by atoms with E-state index in [1.807, 2.05) is 4.90 Å². The van der Waals surface area contributed by atoms with Crippen LogP contribution >= 0.6 is 11.6 Å². The first-order valence-corrected chi connectivity index (χ1v) is 11.3. The summed E-state index contributed by atoms with van der Waals surface area (Å²) in [5.74, 6) is -2.70. The van der Waals surface area contributed by atoms with Crippen molar-refractivity contribution in [3.05, 3.63) is 63.2 Å². The smallest absolute Gasteiger partial charge is 0.335 e. The van der Waals surface area contributed by atoms with Gasteiger partial charge in [0, 0.05) is 41.7 Å². The van der Waals surface area contributed by atoms with Gasteiger partial charge in [0.05, 0.1) is 16.7 Å². The molecule has 0 unspecified atom stereocenters. The average Bonchev–Trinajstić information content (AvgIpc) is 2.83. The number of benzene rings is 2. The Labute approximate surface area is 203 Å². The number of nitrogens with two attached hydrogens (primary N) is 1. The van der Waals surface area contributed by atoms with E-state index in [0.717, 1.165) is 4.90 Å². The maximum atomic E-state index is 14.1. The maximum absolute atomic E-state index is 14.1. The molecule has 35 heavy (non-hydrogen) atoms. The Morgan fingerprint density at radius 1 is 1.17 bits per heavy atom. The van der Waals surface area contributed by atoms with Gasteiger partial charge >= 0.3 is 6.03 Å². The fourth-order valence-electron chi connectivity index (χ4n) is 5.43. The second kappa shape index (κ2) is 8.05. The van der Waals surface area contributed by atoms with Gasteiger partial charge in [0.25, 0.3) is 11.6 Å². The number of anilines is 2. The molecule has 11 nitrogen and oxygen atoms in total. The molecular weight excluding hydrogens is 478 g/mol. The van der Waals surface area contributed by atoms with Crippen LogP contribution in [0.4, 0.5) is 21.9 Å². The predicted molar refractivity (Wildman–Crippen MR) is 125 cm³/mol. The lowest BCUT2D eigenvalue weighted by Crippen LogP contribution is -2.73. The second-order valence-electron chi connectivity index (χ2n) is 8.93. The first kappa shape index (κ1) is 22.8. The van der Waals surface area contributed by atoms with Crippen LogP contribution in [0.1, 0.15) is 18.4 Å². The molecule has 5 amide bonds. The molecule has 12 heteroatoms. The summed E-state index contributed by atoms with van der Waals surface area (Å²) in [5, 5.41) is 14.1. The third-order valence-corrected chi connectivity index (χ3v) is 7.38. The summed E-state index contributed by atoms with van der Waals surface area (Å²) in [6.45, 7) is 0.306. The Balaban J connectivity index is 1.68. The second-order valence-corrected chi connectivity index (χ2v) is 9.36. The summed E-state index contributed by atoms with van der Waals surface area (Å²) in [6.07, 6.45) is 0.334. The van der Waals surface area contributed by atoms with Crippen LogP contribution in [0.3, 0.4) is 0 Å². The highest BCUT2D eigenvalue weighted by Gasteiger charge is 2.63. The Morgan fingerprint density at radius 2 is 1.89 bits per heavy atom. The molecule has 0 bridgehead atoms. The van der Waals surface area contributed by atoms with E-state index in [2.05, 4.69) is 5.32 Å². The monoisotopic (exact) mass is 497 g/mol. The van der Waals surface area contributed by atoms with Crippen LogP contribution in [0.5, 0.6) is 0 Å². The minimum absolute atomic E-state index is 0.119. The Bertz CT molecular complexity index is 1300. The molecule has 0 aliphatic carbocycles. The number of nitrogens with zero attached hydrogens (tertiary/aromatic N) is 3. The van der Waals surface area contributed by atoms with Crippen LogP contribution in [-0.2, 0) is 20.8 Å². The highest BCUT2D eigenvalue weighted by atomic mass is 35.5. The topological polar surface area (TPSA) is 156 Å².